The maximum absolute atomic E-state index is 12.6. The molecule has 2 N–H and O–H groups in total. The molecule has 1 aliphatic heterocycles. The molecule has 3 rings (SSSR count). The van der Waals surface area contributed by atoms with Crippen LogP contribution < -0.4 is 14.8 Å². The molecule has 1 aliphatic rings. The zero-order valence-corrected chi connectivity index (χ0v) is 15.3. The Kier molecular flexibility index (Phi) is 5.43. The average molecular weight is 375 g/mol. The van der Waals surface area contributed by atoms with E-state index in [-0.39, 0.29) is 10.8 Å². The third-order valence-corrected chi connectivity index (χ3v) is 5.55. The van der Waals surface area contributed by atoms with E-state index < -0.39 is 10.0 Å². The standard InChI is InChI=1S/C18H21N3O4S/c1-25-17-5-3-2-4-16(17)20-26(23,24)15-8-6-14(7-9-15)18(22)21-12-10-19-11-13-21/h2-9,19-20H,10-13H2,1H3. The summed E-state index contributed by atoms with van der Waals surface area (Å²) in [7, 11) is -2.30. The van der Waals surface area contributed by atoms with Gasteiger partial charge in [-0.15, -0.1) is 0 Å². The predicted octanol–water partition coefficient (Wildman–Crippen LogP) is 1.54. The quantitative estimate of drug-likeness (QED) is 0.828. The second-order valence-corrected chi connectivity index (χ2v) is 7.55. The molecule has 0 bridgehead atoms. The molecule has 0 radical (unpaired) electrons. The van der Waals surface area contributed by atoms with Crippen LogP contribution in [-0.4, -0.2) is 52.5 Å². The number of rotatable bonds is 5. The molecule has 2 aromatic rings. The Hall–Kier alpha value is -2.58. The molecule has 138 valence electrons. The molecule has 1 amide bonds. The van der Waals surface area contributed by atoms with E-state index >= 15 is 0 Å². The van der Waals surface area contributed by atoms with Gasteiger partial charge in [-0.3, -0.25) is 9.52 Å². The van der Waals surface area contributed by atoms with Gasteiger partial charge in [0, 0.05) is 31.7 Å². The number of anilines is 1. The number of carbonyl (C=O) groups excluding carboxylic acids is 1. The first kappa shape index (κ1) is 18.2. The van der Waals surface area contributed by atoms with Crippen LogP contribution >= 0.6 is 0 Å². The molecule has 8 heteroatoms. The Balaban J connectivity index is 1.77. The Morgan fingerprint density at radius 3 is 2.38 bits per heavy atom. The van der Waals surface area contributed by atoms with Crippen molar-refractivity contribution in [1.82, 2.24) is 10.2 Å². The van der Waals surface area contributed by atoms with Gasteiger partial charge in [0.05, 0.1) is 17.7 Å². The van der Waals surface area contributed by atoms with E-state index in [1.54, 1.807) is 41.3 Å². The summed E-state index contributed by atoms with van der Waals surface area (Å²) < 4.78 is 32.8. The number of methoxy groups -OCH3 is 1. The van der Waals surface area contributed by atoms with Crippen LogP contribution in [0.2, 0.25) is 0 Å². The molecule has 0 aliphatic carbocycles. The van der Waals surface area contributed by atoms with Gasteiger partial charge >= 0.3 is 0 Å². The number of hydrogen-bond acceptors (Lipinski definition) is 5. The van der Waals surface area contributed by atoms with E-state index in [0.29, 0.717) is 30.1 Å². The smallest absolute Gasteiger partial charge is 0.262 e. The lowest BCUT2D eigenvalue weighted by Crippen LogP contribution is -2.46. The first-order valence-electron chi connectivity index (χ1n) is 8.27. The van der Waals surface area contributed by atoms with Gasteiger partial charge in [0.1, 0.15) is 5.75 Å². The van der Waals surface area contributed by atoms with Crippen molar-refractivity contribution in [1.29, 1.82) is 0 Å². The van der Waals surface area contributed by atoms with Crippen LogP contribution in [0.4, 0.5) is 5.69 Å². The van der Waals surface area contributed by atoms with E-state index in [2.05, 4.69) is 10.0 Å². The van der Waals surface area contributed by atoms with Gasteiger partial charge in [-0.2, -0.15) is 0 Å². The molecule has 0 aromatic heterocycles. The summed E-state index contributed by atoms with van der Waals surface area (Å²) in [6.07, 6.45) is 0. The molecule has 0 saturated carbocycles. The van der Waals surface area contributed by atoms with E-state index in [1.807, 2.05) is 0 Å². The second-order valence-electron chi connectivity index (χ2n) is 5.87. The maximum atomic E-state index is 12.6. The fourth-order valence-electron chi connectivity index (χ4n) is 2.76. The molecule has 2 aromatic carbocycles. The van der Waals surface area contributed by atoms with Crippen molar-refractivity contribution in [3.05, 3.63) is 54.1 Å². The number of sulfonamides is 1. The van der Waals surface area contributed by atoms with E-state index in [0.717, 1.165) is 13.1 Å². The van der Waals surface area contributed by atoms with Crippen LogP contribution in [0.5, 0.6) is 5.75 Å². The summed E-state index contributed by atoms with van der Waals surface area (Å²) in [5.74, 6) is 0.342. The van der Waals surface area contributed by atoms with Gasteiger partial charge in [-0.1, -0.05) is 12.1 Å². The highest BCUT2D eigenvalue weighted by Crippen LogP contribution is 2.26. The topological polar surface area (TPSA) is 87.7 Å². The van der Waals surface area contributed by atoms with Crippen molar-refractivity contribution in [3.8, 4) is 5.75 Å². The third-order valence-electron chi connectivity index (χ3n) is 4.17. The highest BCUT2D eigenvalue weighted by Gasteiger charge is 2.20. The Labute approximate surface area is 153 Å². The summed E-state index contributed by atoms with van der Waals surface area (Å²) in [5, 5.41) is 3.19. The number of para-hydroxylation sites is 2. The van der Waals surface area contributed by atoms with Gasteiger partial charge in [0.2, 0.25) is 0 Å². The number of benzene rings is 2. The minimum Gasteiger partial charge on any atom is -0.495 e. The number of nitrogens with zero attached hydrogens (tertiary/aromatic N) is 1. The van der Waals surface area contributed by atoms with Crippen LogP contribution in [0.25, 0.3) is 0 Å². The first-order valence-corrected chi connectivity index (χ1v) is 9.75. The molecule has 26 heavy (non-hydrogen) atoms. The molecule has 1 fully saturated rings. The van der Waals surface area contributed by atoms with Crippen LogP contribution in [0.15, 0.2) is 53.4 Å². The molecule has 0 atom stereocenters. The summed E-state index contributed by atoms with van der Waals surface area (Å²) in [4.78, 5) is 14.3. The van der Waals surface area contributed by atoms with Crippen molar-refractivity contribution in [2.45, 2.75) is 4.90 Å². The number of hydrogen-bond donors (Lipinski definition) is 2. The minimum absolute atomic E-state index is 0.0836. The summed E-state index contributed by atoms with van der Waals surface area (Å²) in [6, 6.07) is 12.7. The molecule has 1 saturated heterocycles. The van der Waals surface area contributed by atoms with Crippen LogP contribution in [0.3, 0.4) is 0 Å². The van der Waals surface area contributed by atoms with Gasteiger partial charge < -0.3 is 15.0 Å². The highest BCUT2D eigenvalue weighted by atomic mass is 32.2. The number of carbonyl (C=O) groups is 1. The number of ether oxygens (including phenoxy) is 1. The van der Waals surface area contributed by atoms with Crippen molar-refractivity contribution in [2.24, 2.45) is 0 Å². The van der Waals surface area contributed by atoms with E-state index in [1.165, 1.54) is 19.2 Å². The fourth-order valence-corrected chi connectivity index (χ4v) is 3.83. The maximum Gasteiger partial charge on any atom is 0.262 e. The number of amides is 1. The number of piperazine rings is 1. The summed E-state index contributed by atoms with van der Waals surface area (Å²) >= 11 is 0. The molecular formula is C18H21N3O4S. The van der Waals surface area contributed by atoms with E-state index in [9.17, 15) is 13.2 Å². The van der Waals surface area contributed by atoms with E-state index in [4.69, 9.17) is 4.74 Å². The van der Waals surface area contributed by atoms with Gasteiger partial charge in [0.15, 0.2) is 0 Å². The van der Waals surface area contributed by atoms with Crippen molar-refractivity contribution < 1.29 is 17.9 Å². The van der Waals surface area contributed by atoms with Crippen molar-refractivity contribution >= 4 is 21.6 Å². The predicted molar refractivity (Wildman–Crippen MR) is 99.0 cm³/mol. The molecule has 0 unspecified atom stereocenters. The highest BCUT2D eigenvalue weighted by molar-refractivity contribution is 7.92. The third kappa shape index (κ3) is 3.97. The lowest BCUT2D eigenvalue weighted by molar-refractivity contribution is 0.0735. The lowest BCUT2D eigenvalue weighted by atomic mass is 10.2. The first-order chi connectivity index (χ1) is 12.5. The van der Waals surface area contributed by atoms with Crippen LogP contribution in [-0.2, 0) is 10.0 Å². The molecule has 1 heterocycles. The monoisotopic (exact) mass is 375 g/mol. The lowest BCUT2D eigenvalue weighted by Gasteiger charge is -2.27. The van der Waals surface area contributed by atoms with Gasteiger partial charge in [-0.05, 0) is 36.4 Å². The molecule has 7 nitrogen and oxygen atoms in total. The number of nitrogens with one attached hydrogen (secondary N) is 2. The molecule has 0 spiro atoms. The zero-order chi connectivity index (χ0) is 18.6. The zero-order valence-electron chi connectivity index (χ0n) is 14.4. The Morgan fingerprint density at radius 1 is 1.08 bits per heavy atom. The second kappa shape index (κ2) is 7.76. The SMILES string of the molecule is COc1ccccc1NS(=O)(=O)c1ccc(C(=O)N2CCNCC2)cc1. The summed E-state index contributed by atoms with van der Waals surface area (Å²) in [6.45, 7) is 2.82. The Morgan fingerprint density at radius 2 is 1.73 bits per heavy atom. The van der Waals surface area contributed by atoms with Crippen molar-refractivity contribution in [2.75, 3.05) is 38.0 Å². The molecular weight excluding hydrogens is 354 g/mol. The van der Waals surface area contributed by atoms with Gasteiger partial charge in [-0.25, -0.2) is 8.42 Å². The fraction of sp³-hybridized carbons (Fsp3) is 0.278. The van der Waals surface area contributed by atoms with Crippen molar-refractivity contribution in [3.63, 3.8) is 0 Å². The summed E-state index contributed by atoms with van der Waals surface area (Å²) in [5.41, 5.74) is 0.833. The average Bonchev–Trinajstić information content (AvgIpc) is 2.68. The largest absolute Gasteiger partial charge is 0.495 e. The normalized spacial score (nSPS) is 14.7. The minimum atomic E-state index is -3.78. The van der Waals surface area contributed by atoms with Crippen LogP contribution in [0.1, 0.15) is 10.4 Å². The van der Waals surface area contributed by atoms with Gasteiger partial charge in [0.25, 0.3) is 15.9 Å². The van der Waals surface area contributed by atoms with Crippen LogP contribution in [0, 0.1) is 0 Å². The Bertz CT molecular complexity index is 876.